The van der Waals surface area contributed by atoms with Gasteiger partial charge in [0.05, 0.1) is 5.41 Å². The van der Waals surface area contributed by atoms with Crippen molar-refractivity contribution in [2.24, 2.45) is 5.41 Å². The topological polar surface area (TPSA) is 37.3 Å². The van der Waals surface area contributed by atoms with E-state index in [0.717, 1.165) is 19.3 Å². The molecule has 0 aromatic rings. The predicted octanol–water partition coefficient (Wildman–Crippen LogP) is 2.28. The van der Waals surface area contributed by atoms with Crippen molar-refractivity contribution in [3.63, 3.8) is 0 Å². The third kappa shape index (κ3) is 5.60. The number of hydrogen-bond donors (Lipinski definition) is 1. The van der Waals surface area contributed by atoms with E-state index in [9.17, 15) is 4.79 Å². The molecule has 2 nitrogen and oxygen atoms in total. The van der Waals surface area contributed by atoms with Gasteiger partial charge in [0, 0.05) is 0 Å². The summed E-state index contributed by atoms with van der Waals surface area (Å²) in [5.74, 6) is -0.694. The molecule has 0 aliphatic carbocycles. The van der Waals surface area contributed by atoms with Crippen LogP contribution >= 0.6 is 0 Å². The van der Waals surface area contributed by atoms with Gasteiger partial charge in [-0.25, -0.2) is 0 Å². The van der Waals surface area contributed by atoms with E-state index in [1.165, 1.54) is 0 Å². The number of unbranched alkanes of at least 4 members (excludes halogenated alkanes) is 1. The van der Waals surface area contributed by atoms with Gasteiger partial charge in [-0.3, -0.25) is 4.79 Å². The molecular formula is C8H16O2Zr+2. The van der Waals surface area contributed by atoms with Gasteiger partial charge in [-0.05, 0) is 20.3 Å². The Hall–Kier alpha value is 0.353. The Morgan fingerprint density at radius 1 is 1.45 bits per heavy atom. The second-order valence-electron chi connectivity index (χ2n) is 3.29. The molecule has 0 bridgehead atoms. The first-order valence-electron chi connectivity index (χ1n) is 3.74. The molecule has 0 saturated heterocycles. The smallest absolute Gasteiger partial charge is 0.481 e. The zero-order valence-corrected chi connectivity index (χ0v) is 9.93. The fourth-order valence-electron chi connectivity index (χ4n) is 0.726. The van der Waals surface area contributed by atoms with Gasteiger partial charge in [-0.15, -0.1) is 0 Å². The summed E-state index contributed by atoms with van der Waals surface area (Å²) in [6.45, 7) is 5.61. The van der Waals surface area contributed by atoms with Crippen LogP contribution in [0.5, 0.6) is 0 Å². The molecular weight excluding hydrogens is 219 g/mol. The molecule has 0 saturated carbocycles. The second-order valence-corrected chi connectivity index (χ2v) is 3.29. The van der Waals surface area contributed by atoms with E-state index >= 15 is 0 Å². The van der Waals surface area contributed by atoms with Crippen LogP contribution in [0.4, 0.5) is 0 Å². The largest absolute Gasteiger partial charge is 2.00 e. The van der Waals surface area contributed by atoms with Crippen molar-refractivity contribution < 1.29 is 36.1 Å². The number of carboxylic acid groups (broad SMARTS) is 1. The van der Waals surface area contributed by atoms with Crippen LogP contribution in [0.25, 0.3) is 0 Å². The Bertz CT molecular complexity index is 121. The first kappa shape index (κ1) is 13.9. The van der Waals surface area contributed by atoms with E-state index in [4.69, 9.17) is 5.11 Å². The van der Waals surface area contributed by atoms with Gasteiger partial charge in [-0.2, -0.15) is 0 Å². The molecule has 62 valence electrons. The summed E-state index contributed by atoms with van der Waals surface area (Å²) in [4.78, 5) is 10.5. The minimum Gasteiger partial charge on any atom is -0.481 e. The van der Waals surface area contributed by atoms with E-state index in [1.54, 1.807) is 13.8 Å². The average molecular weight is 235 g/mol. The van der Waals surface area contributed by atoms with Crippen LogP contribution in [0.1, 0.15) is 40.0 Å². The van der Waals surface area contributed by atoms with Crippen LogP contribution in [0.3, 0.4) is 0 Å². The van der Waals surface area contributed by atoms with Crippen molar-refractivity contribution in [1.29, 1.82) is 0 Å². The predicted molar refractivity (Wildman–Crippen MR) is 40.9 cm³/mol. The molecule has 0 heterocycles. The molecule has 11 heavy (non-hydrogen) atoms. The van der Waals surface area contributed by atoms with Crippen LogP contribution in [-0.2, 0) is 31.0 Å². The molecule has 0 aromatic carbocycles. The van der Waals surface area contributed by atoms with Crippen molar-refractivity contribution >= 4 is 5.97 Å². The van der Waals surface area contributed by atoms with Crippen molar-refractivity contribution in [3.05, 3.63) is 0 Å². The second kappa shape index (κ2) is 5.94. The van der Waals surface area contributed by atoms with E-state index < -0.39 is 11.4 Å². The summed E-state index contributed by atoms with van der Waals surface area (Å²) in [6.07, 6.45) is 2.84. The fourth-order valence-corrected chi connectivity index (χ4v) is 0.726. The summed E-state index contributed by atoms with van der Waals surface area (Å²) in [5.41, 5.74) is -0.532. The Balaban J connectivity index is 0. The Morgan fingerprint density at radius 3 is 2.18 bits per heavy atom. The zero-order valence-electron chi connectivity index (χ0n) is 7.48. The van der Waals surface area contributed by atoms with E-state index in [-0.39, 0.29) is 26.2 Å². The maximum absolute atomic E-state index is 10.5. The summed E-state index contributed by atoms with van der Waals surface area (Å²) in [7, 11) is 0. The van der Waals surface area contributed by atoms with E-state index in [0.29, 0.717) is 0 Å². The molecule has 0 atom stereocenters. The van der Waals surface area contributed by atoms with Gasteiger partial charge in [-0.1, -0.05) is 19.8 Å². The number of carboxylic acids is 1. The molecule has 3 heteroatoms. The number of aliphatic carboxylic acids is 1. The van der Waals surface area contributed by atoms with Crippen molar-refractivity contribution in [3.8, 4) is 0 Å². The SMILES string of the molecule is CCCCC(C)(C)C(=O)O.[Zr+2]. The molecule has 0 aliphatic rings. The van der Waals surface area contributed by atoms with Crippen LogP contribution in [0.15, 0.2) is 0 Å². The minimum absolute atomic E-state index is 0. The zero-order chi connectivity index (χ0) is 8.20. The minimum atomic E-state index is -0.694. The van der Waals surface area contributed by atoms with Crippen LogP contribution in [-0.4, -0.2) is 11.1 Å². The molecule has 0 fully saturated rings. The number of carbonyl (C=O) groups is 1. The van der Waals surface area contributed by atoms with Crippen molar-refractivity contribution in [2.45, 2.75) is 40.0 Å². The summed E-state index contributed by atoms with van der Waals surface area (Å²) < 4.78 is 0. The quantitative estimate of drug-likeness (QED) is 0.812. The van der Waals surface area contributed by atoms with Gasteiger partial charge >= 0.3 is 32.2 Å². The molecule has 0 unspecified atom stereocenters. The Kier molecular flexibility index (Phi) is 7.51. The van der Waals surface area contributed by atoms with Gasteiger partial charge in [0.25, 0.3) is 0 Å². The van der Waals surface area contributed by atoms with Gasteiger partial charge in [0.2, 0.25) is 0 Å². The van der Waals surface area contributed by atoms with Gasteiger partial charge in [0.1, 0.15) is 0 Å². The van der Waals surface area contributed by atoms with Crippen molar-refractivity contribution in [1.82, 2.24) is 0 Å². The molecule has 0 aromatic heterocycles. The molecule has 0 rings (SSSR count). The molecule has 0 spiro atoms. The van der Waals surface area contributed by atoms with Crippen LogP contribution < -0.4 is 0 Å². The van der Waals surface area contributed by atoms with Gasteiger partial charge in [0.15, 0.2) is 0 Å². The summed E-state index contributed by atoms with van der Waals surface area (Å²) in [5, 5.41) is 8.67. The standard InChI is InChI=1S/C8H16O2.Zr/c1-4-5-6-8(2,3)7(9)10;/h4-6H2,1-3H3,(H,9,10);/q;+2. The third-order valence-corrected chi connectivity index (χ3v) is 1.73. The van der Waals surface area contributed by atoms with E-state index in [1.807, 2.05) is 0 Å². The first-order valence-corrected chi connectivity index (χ1v) is 3.74. The summed E-state index contributed by atoms with van der Waals surface area (Å²) >= 11 is 0. The molecule has 0 aliphatic heterocycles. The molecule has 1 N–H and O–H groups in total. The monoisotopic (exact) mass is 234 g/mol. The maximum Gasteiger partial charge on any atom is 2.00 e. The third-order valence-electron chi connectivity index (χ3n) is 1.73. The normalized spacial score (nSPS) is 10.5. The fraction of sp³-hybridized carbons (Fsp3) is 0.875. The van der Waals surface area contributed by atoms with Crippen LogP contribution in [0.2, 0.25) is 0 Å². The average Bonchev–Trinajstić information content (AvgIpc) is 1.84. The van der Waals surface area contributed by atoms with E-state index in [2.05, 4.69) is 6.92 Å². The van der Waals surface area contributed by atoms with Gasteiger partial charge < -0.3 is 5.11 Å². The Morgan fingerprint density at radius 2 is 1.91 bits per heavy atom. The summed E-state index contributed by atoms with van der Waals surface area (Å²) in [6, 6.07) is 0. The van der Waals surface area contributed by atoms with Crippen molar-refractivity contribution in [2.75, 3.05) is 0 Å². The maximum atomic E-state index is 10.5. The first-order chi connectivity index (χ1) is 4.50. The number of hydrogen-bond acceptors (Lipinski definition) is 1. The molecule has 0 radical (unpaired) electrons. The molecule has 0 amide bonds. The Labute approximate surface area is 87.5 Å². The number of rotatable bonds is 4. The van der Waals surface area contributed by atoms with Crippen LogP contribution in [0, 0.1) is 5.41 Å².